The lowest BCUT2D eigenvalue weighted by molar-refractivity contribution is 0.136. The summed E-state index contributed by atoms with van der Waals surface area (Å²) in [6, 6.07) is 1.82. The van der Waals surface area contributed by atoms with Gasteiger partial charge in [-0.05, 0) is 13.3 Å². The molecule has 0 spiro atoms. The fourth-order valence-corrected chi connectivity index (χ4v) is 2.34. The average Bonchev–Trinajstić information content (AvgIpc) is 2.76. The van der Waals surface area contributed by atoms with Crippen LogP contribution in [0.3, 0.4) is 0 Å². The molecule has 5 heteroatoms. The smallest absolute Gasteiger partial charge is 0.138 e. The van der Waals surface area contributed by atoms with E-state index in [9.17, 15) is 5.11 Å². The average molecular weight is 264 g/mol. The van der Waals surface area contributed by atoms with Gasteiger partial charge in [-0.3, -0.25) is 0 Å². The van der Waals surface area contributed by atoms with Gasteiger partial charge in [0.05, 0.1) is 6.10 Å². The van der Waals surface area contributed by atoms with E-state index >= 15 is 0 Å². The topological polar surface area (TPSA) is 75.3 Å². The van der Waals surface area contributed by atoms with Gasteiger partial charge in [0.1, 0.15) is 17.5 Å². The van der Waals surface area contributed by atoms with Gasteiger partial charge in [0.2, 0.25) is 0 Å². The molecule has 106 valence electrons. The van der Waals surface area contributed by atoms with E-state index in [0.717, 1.165) is 31.2 Å². The molecule has 1 aromatic heterocycles. The number of nitrogen functional groups attached to an aromatic ring is 1. The maximum absolute atomic E-state index is 9.67. The molecule has 0 amide bonds. The molecule has 1 aromatic rings. The van der Waals surface area contributed by atoms with E-state index in [4.69, 9.17) is 5.73 Å². The summed E-state index contributed by atoms with van der Waals surface area (Å²) in [5.41, 5.74) is 5.77. The Bertz CT molecular complexity index is 453. The van der Waals surface area contributed by atoms with Crippen LogP contribution in [0.4, 0.5) is 11.6 Å². The third-order valence-electron chi connectivity index (χ3n) is 3.63. The lowest BCUT2D eigenvalue weighted by Gasteiger charge is -2.22. The lowest BCUT2D eigenvalue weighted by Crippen LogP contribution is -2.26. The summed E-state index contributed by atoms with van der Waals surface area (Å²) in [5, 5.41) is 9.67. The zero-order valence-electron chi connectivity index (χ0n) is 12.2. The number of nitrogens with zero attached hydrogens (tertiary/aromatic N) is 3. The molecule has 0 saturated carbocycles. The quantitative estimate of drug-likeness (QED) is 0.848. The largest absolute Gasteiger partial charge is 0.393 e. The van der Waals surface area contributed by atoms with Crippen molar-refractivity contribution in [2.45, 2.75) is 45.6 Å². The SMILES string of the molecule is CC(O)C1CCN(c2cc(N)nc(C(C)(C)C)n2)C1. The minimum absolute atomic E-state index is 0.118. The summed E-state index contributed by atoms with van der Waals surface area (Å²) < 4.78 is 0. The fourth-order valence-electron chi connectivity index (χ4n) is 2.34. The molecule has 1 fully saturated rings. The molecule has 0 radical (unpaired) electrons. The Morgan fingerprint density at radius 2 is 2.11 bits per heavy atom. The van der Waals surface area contributed by atoms with E-state index in [-0.39, 0.29) is 11.5 Å². The van der Waals surface area contributed by atoms with E-state index in [0.29, 0.717) is 11.7 Å². The molecule has 19 heavy (non-hydrogen) atoms. The minimum atomic E-state index is -0.272. The van der Waals surface area contributed by atoms with Crippen LogP contribution in [0.5, 0.6) is 0 Å². The minimum Gasteiger partial charge on any atom is -0.393 e. The second kappa shape index (κ2) is 4.96. The van der Waals surface area contributed by atoms with Gasteiger partial charge in [-0.2, -0.15) is 0 Å². The van der Waals surface area contributed by atoms with E-state index in [1.54, 1.807) is 0 Å². The molecule has 1 aliphatic heterocycles. The van der Waals surface area contributed by atoms with Crippen molar-refractivity contribution in [2.24, 2.45) is 5.92 Å². The molecular weight excluding hydrogens is 240 g/mol. The highest BCUT2D eigenvalue weighted by molar-refractivity contribution is 5.48. The Morgan fingerprint density at radius 1 is 1.42 bits per heavy atom. The van der Waals surface area contributed by atoms with Gasteiger partial charge in [0, 0.05) is 30.5 Å². The van der Waals surface area contributed by atoms with Crippen LogP contribution in [0.2, 0.25) is 0 Å². The highest BCUT2D eigenvalue weighted by Crippen LogP contribution is 2.27. The number of rotatable bonds is 2. The Balaban J connectivity index is 2.24. The molecule has 1 aliphatic rings. The number of anilines is 2. The predicted octanol–water partition coefficient (Wildman–Crippen LogP) is 1.56. The monoisotopic (exact) mass is 264 g/mol. The van der Waals surface area contributed by atoms with Gasteiger partial charge in [0.15, 0.2) is 0 Å². The van der Waals surface area contributed by atoms with E-state index in [2.05, 4.69) is 35.6 Å². The zero-order chi connectivity index (χ0) is 14.2. The third-order valence-corrected chi connectivity index (χ3v) is 3.63. The highest BCUT2D eigenvalue weighted by Gasteiger charge is 2.28. The summed E-state index contributed by atoms with van der Waals surface area (Å²) in [4.78, 5) is 11.1. The molecule has 2 rings (SSSR count). The van der Waals surface area contributed by atoms with Crippen LogP contribution in [0.15, 0.2) is 6.07 Å². The lowest BCUT2D eigenvalue weighted by atomic mass is 9.96. The molecule has 5 nitrogen and oxygen atoms in total. The number of nitrogens with two attached hydrogens (primary N) is 1. The van der Waals surface area contributed by atoms with Crippen LogP contribution in [0, 0.1) is 5.92 Å². The number of aromatic nitrogens is 2. The second-order valence-corrected chi connectivity index (χ2v) is 6.46. The van der Waals surface area contributed by atoms with Crippen molar-refractivity contribution >= 4 is 11.6 Å². The highest BCUT2D eigenvalue weighted by atomic mass is 16.3. The fraction of sp³-hybridized carbons (Fsp3) is 0.714. The first-order chi connectivity index (χ1) is 8.77. The van der Waals surface area contributed by atoms with E-state index < -0.39 is 0 Å². The van der Waals surface area contributed by atoms with Crippen LogP contribution in [0.25, 0.3) is 0 Å². The summed E-state index contributed by atoms with van der Waals surface area (Å²) in [6.07, 6.45) is 0.721. The molecule has 2 heterocycles. The molecule has 0 aromatic carbocycles. The molecule has 2 unspecified atom stereocenters. The maximum Gasteiger partial charge on any atom is 0.138 e. The predicted molar refractivity (Wildman–Crippen MR) is 77.1 cm³/mol. The maximum atomic E-state index is 9.67. The van der Waals surface area contributed by atoms with Crippen LogP contribution in [-0.2, 0) is 5.41 Å². The Morgan fingerprint density at radius 3 is 2.63 bits per heavy atom. The third kappa shape index (κ3) is 3.15. The number of aliphatic hydroxyl groups is 1. The zero-order valence-corrected chi connectivity index (χ0v) is 12.2. The van der Waals surface area contributed by atoms with Gasteiger partial charge >= 0.3 is 0 Å². The Kier molecular flexibility index (Phi) is 3.67. The van der Waals surface area contributed by atoms with Crippen molar-refractivity contribution in [3.05, 3.63) is 11.9 Å². The molecule has 0 aliphatic carbocycles. The first kappa shape index (κ1) is 14.1. The van der Waals surface area contributed by atoms with Crippen molar-refractivity contribution in [3.8, 4) is 0 Å². The van der Waals surface area contributed by atoms with Crippen molar-refractivity contribution < 1.29 is 5.11 Å². The number of aliphatic hydroxyl groups excluding tert-OH is 1. The van der Waals surface area contributed by atoms with Gasteiger partial charge in [-0.25, -0.2) is 9.97 Å². The second-order valence-electron chi connectivity index (χ2n) is 6.46. The summed E-state index contributed by atoms with van der Waals surface area (Å²) in [5.74, 6) is 2.47. The van der Waals surface area contributed by atoms with Gasteiger partial charge < -0.3 is 15.7 Å². The van der Waals surface area contributed by atoms with Crippen molar-refractivity contribution in [3.63, 3.8) is 0 Å². The molecule has 2 atom stereocenters. The number of hydrogen-bond acceptors (Lipinski definition) is 5. The van der Waals surface area contributed by atoms with Crippen molar-refractivity contribution in [1.82, 2.24) is 9.97 Å². The van der Waals surface area contributed by atoms with E-state index in [1.807, 2.05) is 13.0 Å². The molecule has 1 saturated heterocycles. The van der Waals surface area contributed by atoms with E-state index in [1.165, 1.54) is 0 Å². The molecule has 0 bridgehead atoms. The number of hydrogen-bond donors (Lipinski definition) is 2. The van der Waals surface area contributed by atoms with Crippen LogP contribution >= 0.6 is 0 Å². The normalized spacial score (nSPS) is 21.7. The summed E-state index contributed by atoms with van der Waals surface area (Å²) in [6.45, 7) is 9.83. The van der Waals surface area contributed by atoms with Gasteiger partial charge in [0.25, 0.3) is 0 Å². The van der Waals surface area contributed by atoms with Crippen molar-refractivity contribution in [2.75, 3.05) is 23.7 Å². The molecule has 3 N–H and O–H groups in total. The summed E-state index contributed by atoms with van der Waals surface area (Å²) in [7, 11) is 0. The molecular formula is C14H24N4O. The van der Waals surface area contributed by atoms with Gasteiger partial charge in [-0.1, -0.05) is 20.8 Å². The van der Waals surface area contributed by atoms with Crippen LogP contribution < -0.4 is 10.6 Å². The Labute approximate surface area is 114 Å². The first-order valence-electron chi connectivity index (χ1n) is 6.85. The van der Waals surface area contributed by atoms with Crippen LogP contribution in [-0.4, -0.2) is 34.3 Å². The Hall–Kier alpha value is -1.36. The first-order valence-corrected chi connectivity index (χ1v) is 6.85. The van der Waals surface area contributed by atoms with Crippen LogP contribution in [0.1, 0.15) is 39.9 Å². The standard InChI is InChI=1S/C14H24N4O/c1-9(19)10-5-6-18(8-10)12-7-11(15)16-13(17-12)14(2,3)4/h7,9-10,19H,5-6,8H2,1-4H3,(H2,15,16,17). The summed E-state index contributed by atoms with van der Waals surface area (Å²) >= 11 is 0. The van der Waals surface area contributed by atoms with Gasteiger partial charge in [-0.15, -0.1) is 0 Å². The van der Waals surface area contributed by atoms with Crippen molar-refractivity contribution in [1.29, 1.82) is 0 Å².